The molecule has 1 aromatic carbocycles. The van der Waals surface area contributed by atoms with Crippen molar-refractivity contribution in [3.63, 3.8) is 0 Å². The minimum Gasteiger partial charge on any atom is -0.383 e. The fourth-order valence-electron chi connectivity index (χ4n) is 2.22. The number of rotatable bonds is 10. The van der Waals surface area contributed by atoms with E-state index in [2.05, 4.69) is 10.0 Å². The average Bonchev–Trinajstić information content (AvgIpc) is 2.54. The topological polar surface area (TPSA) is 111 Å². The van der Waals surface area contributed by atoms with E-state index in [-0.39, 0.29) is 35.6 Å². The van der Waals surface area contributed by atoms with Crippen molar-refractivity contribution in [1.29, 1.82) is 0 Å². The molecule has 0 bridgehead atoms. The predicted molar refractivity (Wildman–Crippen MR) is 93.3 cm³/mol. The molecule has 1 rings (SSSR count). The number of sulfonamides is 1. The summed E-state index contributed by atoms with van der Waals surface area (Å²) < 4.78 is 31.6. The van der Waals surface area contributed by atoms with Gasteiger partial charge in [0.25, 0.3) is 5.91 Å². The van der Waals surface area contributed by atoms with E-state index in [1.807, 2.05) is 13.8 Å². The van der Waals surface area contributed by atoms with Crippen molar-refractivity contribution in [1.82, 2.24) is 10.0 Å². The lowest BCUT2D eigenvalue weighted by atomic mass is 10.0. The van der Waals surface area contributed by atoms with Crippen molar-refractivity contribution in [3.05, 3.63) is 29.8 Å². The van der Waals surface area contributed by atoms with E-state index in [1.165, 1.54) is 19.2 Å². The van der Waals surface area contributed by atoms with E-state index in [0.29, 0.717) is 12.5 Å². The molecule has 24 heavy (non-hydrogen) atoms. The van der Waals surface area contributed by atoms with Gasteiger partial charge < -0.3 is 15.8 Å². The van der Waals surface area contributed by atoms with Crippen LogP contribution >= 0.6 is 0 Å². The number of hydrogen-bond acceptors (Lipinski definition) is 5. The summed E-state index contributed by atoms with van der Waals surface area (Å²) in [6.07, 6.45) is 0.763. The zero-order valence-corrected chi connectivity index (χ0v) is 15.2. The van der Waals surface area contributed by atoms with E-state index in [0.717, 1.165) is 6.42 Å². The summed E-state index contributed by atoms with van der Waals surface area (Å²) in [6.45, 7) is 4.87. The molecule has 4 N–H and O–H groups in total. The van der Waals surface area contributed by atoms with Crippen molar-refractivity contribution in [2.75, 3.05) is 26.8 Å². The highest BCUT2D eigenvalue weighted by atomic mass is 32.2. The first kappa shape index (κ1) is 20.6. The van der Waals surface area contributed by atoms with Crippen LogP contribution in [0.2, 0.25) is 0 Å². The molecule has 0 radical (unpaired) electrons. The van der Waals surface area contributed by atoms with Crippen LogP contribution in [0.25, 0.3) is 0 Å². The molecule has 0 aliphatic heterocycles. The van der Waals surface area contributed by atoms with Crippen molar-refractivity contribution < 1.29 is 17.9 Å². The van der Waals surface area contributed by atoms with Gasteiger partial charge in [0.2, 0.25) is 10.0 Å². The summed E-state index contributed by atoms with van der Waals surface area (Å²) in [5.74, 6) is 0.0654. The van der Waals surface area contributed by atoms with Gasteiger partial charge in [-0.1, -0.05) is 19.9 Å². The van der Waals surface area contributed by atoms with E-state index in [1.54, 1.807) is 12.1 Å². The van der Waals surface area contributed by atoms with Crippen LogP contribution in [0.3, 0.4) is 0 Å². The lowest BCUT2D eigenvalue weighted by Crippen LogP contribution is -2.41. The highest BCUT2D eigenvalue weighted by Crippen LogP contribution is 2.12. The van der Waals surface area contributed by atoms with Gasteiger partial charge in [0.15, 0.2) is 0 Å². The molecule has 0 saturated carbocycles. The Kier molecular flexibility index (Phi) is 8.34. The molecule has 0 aliphatic rings. The first-order valence-corrected chi connectivity index (χ1v) is 9.38. The monoisotopic (exact) mass is 357 g/mol. The molecule has 0 spiro atoms. The second-order valence-corrected chi connectivity index (χ2v) is 7.72. The quantitative estimate of drug-likeness (QED) is 0.534. The zero-order chi connectivity index (χ0) is 18.2. The molecule has 8 heteroatoms. The number of amides is 1. The van der Waals surface area contributed by atoms with Crippen molar-refractivity contribution in [2.45, 2.75) is 31.2 Å². The van der Waals surface area contributed by atoms with E-state index in [9.17, 15) is 13.2 Å². The lowest BCUT2D eigenvalue weighted by molar-refractivity contribution is 0.0933. The number of nitrogens with one attached hydrogen (secondary N) is 2. The summed E-state index contributed by atoms with van der Waals surface area (Å²) >= 11 is 0. The van der Waals surface area contributed by atoms with Crippen LogP contribution in [0.4, 0.5) is 0 Å². The smallest absolute Gasteiger partial charge is 0.251 e. The van der Waals surface area contributed by atoms with Gasteiger partial charge in [-0.2, -0.15) is 0 Å². The number of nitrogens with two attached hydrogens (primary N) is 1. The molecule has 0 aliphatic carbocycles. The van der Waals surface area contributed by atoms with Gasteiger partial charge in [-0.15, -0.1) is 0 Å². The second kappa shape index (κ2) is 9.73. The fraction of sp³-hybridized carbons (Fsp3) is 0.562. The van der Waals surface area contributed by atoms with Crippen molar-refractivity contribution >= 4 is 15.9 Å². The summed E-state index contributed by atoms with van der Waals surface area (Å²) in [6, 6.07) is 5.78. The van der Waals surface area contributed by atoms with E-state index in [4.69, 9.17) is 10.5 Å². The summed E-state index contributed by atoms with van der Waals surface area (Å²) in [7, 11) is -2.19. The number of carbonyl (C=O) groups excluding carboxylic acids is 1. The summed E-state index contributed by atoms with van der Waals surface area (Å²) in [5.41, 5.74) is 5.97. The van der Waals surface area contributed by atoms with Gasteiger partial charge in [0, 0.05) is 31.8 Å². The van der Waals surface area contributed by atoms with Crippen LogP contribution in [-0.2, 0) is 14.8 Å². The van der Waals surface area contributed by atoms with Gasteiger partial charge in [-0.05, 0) is 30.5 Å². The van der Waals surface area contributed by atoms with Crippen molar-refractivity contribution in [3.8, 4) is 0 Å². The maximum atomic E-state index is 12.3. The summed E-state index contributed by atoms with van der Waals surface area (Å²) in [5, 5.41) is 2.85. The molecular formula is C16H27N3O4S. The van der Waals surface area contributed by atoms with Gasteiger partial charge in [0.05, 0.1) is 11.5 Å². The number of carbonyl (C=O) groups is 1. The number of benzene rings is 1. The van der Waals surface area contributed by atoms with Gasteiger partial charge in [-0.3, -0.25) is 4.79 Å². The largest absolute Gasteiger partial charge is 0.383 e. The average molecular weight is 357 g/mol. The predicted octanol–water partition coefficient (Wildman–Crippen LogP) is 0.715. The Labute approximate surface area is 144 Å². The third kappa shape index (κ3) is 6.56. The Morgan fingerprint density at radius 3 is 2.62 bits per heavy atom. The van der Waals surface area contributed by atoms with Crippen LogP contribution in [0.15, 0.2) is 29.2 Å². The Morgan fingerprint density at radius 1 is 1.33 bits per heavy atom. The molecule has 1 amide bonds. The highest BCUT2D eigenvalue weighted by molar-refractivity contribution is 7.89. The summed E-state index contributed by atoms with van der Waals surface area (Å²) in [4.78, 5) is 12.4. The third-order valence-electron chi connectivity index (χ3n) is 3.38. The molecule has 0 fully saturated rings. The van der Waals surface area contributed by atoms with Crippen LogP contribution in [0.5, 0.6) is 0 Å². The fourth-order valence-corrected chi connectivity index (χ4v) is 3.28. The molecule has 1 atom stereocenters. The Balaban J connectivity index is 2.85. The van der Waals surface area contributed by atoms with Crippen LogP contribution in [-0.4, -0.2) is 47.2 Å². The number of methoxy groups -OCH3 is 1. The molecule has 0 saturated heterocycles. The zero-order valence-electron chi connectivity index (χ0n) is 14.4. The standard InChI is InChI=1S/C16H27N3O4S/c1-12(2)9-14(11-17)19-16(20)13-5-4-6-15(10-13)24(21,22)18-7-8-23-3/h4-6,10,12,14,18H,7-9,11,17H2,1-3H3,(H,19,20). The van der Waals surface area contributed by atoms with Crippen molar-refractivity contribution in [2.24, 2.45) is 11.7 Å². The van der Waals surface area contributed by atoms with Gasteiger partial charge in [0.1, 0.15) is 0 Å². The van der Waals surface area contributed by atoms with Crippen LogP contribution < -0.4 is 15.8 Å². The minimum absolute atomic E-state index is 0.0411. The Hall–Kier alpha value is -1.48. The molecule has 1 unspecified atom stereocenters. The molecule has 7 nitrogen and oxygen atoms in total. The maximum absolute atomic E-state index is 12.3. The first-order valence-electron chi connectivity index (χ1n) is 7.89. The molecular weight excluding hydrogens is 330 g/mol. The second-order valence-electron chi connectivity index (χ2n) is 5.95. The maximum Gasteiger partial charge on any atom is 0.251 e. The highest BCUT2D eigenvalue weighted by Gasteiger charge is 2.18. The third-order valence-corrected chi connectivity index (χ3v) is 4.84. The normalized spacial score (nSPS) is 13.0. The Bertz CT molecular complexity index is 632. The molecule has 1 aromatic rings. The lowest BCUT2D eigenvalue weighted by Gasteiger charge is -2.19. The van der Waals surface area contributed by atoms with E-state index < -0.39 is 10.0 Å². The SMILES string of the molecule is COCCNS(=O)(=O)c1cccc(C(=O)NC(CN)CC(C)C)c1. The number of hydrogen-bond donors (Lipinski definition) is 3. The Morgan fingerprint density at radius 2 is 2.04 bits per heavy atom. The first-order chi connectivity index (χ1) is 11.3. The molecule has 136 valence electrons. The van der Waals surface area contributed by atoms with Gasteiger partial charge >= 0.3 is 0 Å². The molecule has 0 heterocycles. The minimum atomic E-state index is -3.68. The van der Waals surface area contributed by atoms with Gasteiger partial charge in [-0.25, -0.2) is 13.1 Å². The van der Waals surface area contributed by atoms with Crippen LogP contribution in [0, 0.1) is 5.92 Å². The van der Waals surface area contributed by atoms with E-state index >= 15 is 0 Å². The van der Waals surface area contributed by atoms with Crippen LogP contribution in [0.1, 0.15) is 30.6 Å². The number of ether oxygens (including phenoxy) is 1. The molecule has 0 aromatic heterocycles.